The van der Waals surface area contributed by atoms with Gasteiger partial charge in [0.25, 0.3) is 0 Å². The van der Waals surface area contributed by atoms with Crippen LogP contribution in [0.15, 0.2) is 0 Å². The maximum absolute atomic E-state index is 11.3. The van der Waals surface area contributed by atoms with E-state index in [9.17, 15) is 4.79 Å². The summed E-state index contributed by atoms with van der Waals surface area (Å²) in [5, 5.41) is 0. The second kappa shape index (κ2) is 34.7. The number of hydrogen-bond donors (Lipinski definition) is 0. The fourth-order valence-electron chi connectivity index (χ4n) is 5.88. The summed E-state index contributed by atoms with van der Waals surface area (Å²) in [5.41, 5.74) is 0. The van der Waals surface area contributed by atoms with Gasteiger partial charge < -0.3 is 0 Å². The number of unbranched alkanes of at least 4 members (excludes halogenated alkanes) is 31. The van der Waals surface area contributed by atoms with Crippen molar-refractivity contribution in [1.82, 2.24) is 0 Å². The van der Waals surface area contributed by atoms with Crippen molar-refractivity contribution in [3.05, 3.63) is 0 Å². The lowest BCUT2D eigenvalue weighted by molar-refractivity contribution is -0.118. The van der Waals surface area contributed by atoms with Crippen LogP contribution in [0, 0.1) is 0 Å². The smallest absolute Gasteiger partial charge is 0.132 e. The Hall–Kier alpha value is -0.330. The Balaban J connectivity index is 3.03. The first-order chi connectivity index (χ1) is 18.8. The fraction of sp³-hybridized carbons (Fsp3) is 0.973. The second-order valence-electron chi connectivity index (χ2n) is 12.6. The highest BCUT2D eigenvalue weighted by Crippen LogP contribution is 2.17. The van der Waals surface area contributed by atoms with Gasteiger partial charge in [-0.3, -0.25) is 4.79 Å². The van der Waals surface area contributed by atoms with E-state index in [2.05, 4.69) is 6.92 Å². The molecular weight excluding hydrogens is 460 g/mol. The second-order valence-corrected chi connectivity index (χ2v) is 12.6. The Morgan fingerprint density at radius 1 is 0.289 bits per heavy atom. The molecule has 38 heavy (non-hydrogen) atoms. The molecule has 0 unspecified atom stereocenters. The van der Waals surface area contributed by atoms with E-state index < -0.39 is 0 Å². The van der Waals surface area contributed by atoms with E-state index in [1.54, 1.807) is 0 Å². The number of rotatable bonds is 34. The number of carbonyl (C=O) groups is 1. The summed E-state index contributed by atoms with van der Waals surface area (Å²) in [5.74, 6) is 0.440. The first-order valence-electron chi connectivity index (χ1n) is 18.3. The Bertz CT molecular complexity index is 428. The summed E-state index contributed by atoms with van der Waals surface area (Å²) in [6.45, 7) is 4.28. The topological polar surface area (TPSA) is 17.1 Å². The van der Waals surface area contributed by atoms with E-state index in [0.29, 0.717) is 5.78 Å². The molecule has 0 aromatic rings. The van der Waals surface area contributed by atoms with Gasteiger partial charge in [-0.2, -0.15) is 0 Å². The first-order valence-corrected chi connectivity index (χ1v) is 18.3. The highest BCUT2D eigenvalue weighted by Gasteiger charge is 1.99. The molecule has 0 bridgehead atoms. The highest BCUT2D eigenvalue weighted by atomic mass is 16.1. The third kappa shape index (κ3) is 33.7. The molecule has 0 spiro atoms. The van der Waals surface area contributed by atoms with Gasteiger partial charge in [0.15, 0.2) is 0 Å². The van der Waals surface area contributed by atoms with Crippen molar-refractivity contribution in [3.63, 3.8) is 0 Å². The number of ketones is 1. The first kappa shape index (κ1) is 37.7. The van der Waals surface area contributed by atoms with Crippen molar-refractivity contribution in [2.75, 3.05) is 0 Å². The zero-order chi connectivity index (χ0) is 27.6. The molecule has 0 aliphatic rings. The molecule has 0 heterocycles. The molecule has 0 N–H and O–H groups in total. The van der Waals surface area contributed by atoms with Crippen molar-refractivity contribution in [3.8, 4) is 0 Å². The molecule has 0 aliphatic carbocycles. The fourth-order valence-corrected chi connectivity index (χ4v) is 5.88. The molecule has 0 atom stereocenters. The van der Waals surface area contributed by atoms with Crippen LogP contribution in [0.2, 0.25) is 0 Å². The predicted octanol–water partition coefficient (Wildman–Crippen LogP) is 13.9. The van der Waals surface area contributed by atoms with E-state index in [-0.39, 0.29) is 0 Å². The summed E-state index contributed by atoms with van der Waals surface area (Å²) in [7, 11) is 0. The van der Waals surface area contributed by atoms with Gasteiger partial charge in [-0.15, -0.1) is 0 Å². The summed E-state index contributed by atoms with van der Waals surface area (Å²) in [6, 6.07) is 0. The molecule has 0 radical (unpaired) electrons. The summed E-state index contributed by atoms with van der Waals surface area (Å²) in [4.78, 5) is 11.3. The maximum Gasteiger partial charge on any atom is 0.132 e. The molecular formula is C37H74O. The van der Waals surface area contributed by atoms with Crippen molar-refractivity contribution in [2.45, 2.75) is 232 Å². The van der Waals surface area contributed by atoms with Crippen LogP contribution in [0.1, 0.15) is 232 Å². The lowest BCUT2D eigenvalue weighted by Crippen LogP contribution is -1.94. The van der Waals surface area contributed by atoms with Crippen molar-refractivity contribution < 1.29 is 4.79 Å². The van der Waals surface area contributed by atoms with Gasteiger partial charge in [-0.25, -0.2) is 0 Å². The van der Waals surface area contributed by atoms with Crippen LogP contribution in [0.25, 0.3) is 0 Å². The summed E-state index contributed by atoms with van der Waals surface area (Å²) < 4.78 is 0. The molecule has 1 nitrogen and oxygen atoms in total. The molecule has 0 aromatic heterocycles. The van der Waals surface area contributed by atoms with Gasteiger partial charge in [0.1, 0.15) is 5.78 Å². The molecule has 0 saturated carbocycles. The van der Waals surface area contributed by atoms with Gasteiger partial charge in [0.05, 0.1) is 0 Å². The van der Waals surface area contributed by atoms with Crippen molar-refractivity contribution in [2.24, 2.45) is 0 Å². The van der Waals surface area contributed by atoms with E-state index in [4.69, 9.17) is 0 Å². The monoisotopic (exact) mass is 535 g/mol. The lowest BCUT2D eigenvalue weighted by atomic mass is 10.0. The van der Waals surface area contributed by atoms with Crippen LogP contribution in [0.5, 0.6) is 0 Å². The van der Waals surface area contributed by atoms with Crippen LogP contribution in [0.4, 0.5) is 0 Å². The number of hydrogen-bond acceptors (Lipinski definition) is 1. The van der Waals surface area contributed by atoms with Crippen LogP contribution in [0.3, 0.4) is 0 Å². The van der Waals surface area contributed by atoms with Crippen LogP contribution >= 0.6 is 0 Å². The Morgan fingerprint density at radius 2 is 0.474 bits per heavy atom. The molecule has 0 saturated heterocycles. The normalized spacial score (nSPS) is 11.4. The van der Waals surface area contributed by atoms with E-state index in [1.165, 1.54) is 199 Å². The minimum Gasteiger partial charge on any atom is -0.300 e. The third-order valence-electron chi connectivity index (χ3n) is 8.70. The summed E-state index contributed by atoms with van der Waals surface area (Å²) >= 11 is 0. The highest BCUT2D eigenvalue weighted by molar-refractivity contribution is 5.77. The molecule has 0 aliphatic heterocycles. The van der Waals surface area contributed by atoms with Gasteiger partial charge in [0.2, 0.25) is 0 Å². The average Bonchev–Trinajstić information content (AvgIpc) is 2.93. The standard InChI is InChI=1S/C37H74O/c1-3-5-6-7-8-9-10-11-12-13-14-15-16-17-18-19-20-21-22-23-24-25-26-27-28-29-30-31-32-33-34-35-36-37(38)4-2/h3-36H2,1-2H3. The summed E-state index contributed by atoms with van der Waals surface area (Å²) in [6.07, 6.45) is 47.7. The minimum atomic E-state index is 0.440. The maximum atomic E-state index is 11.3. The Kier molecular flexibility index (Phi) is 34.4. The zero-order valence-electron chi connectivity index (χ0n) is 26.9. The number of Topliss-reactive ketones (excluding diaryl/α,β-unsaturated/α-hetero) is 1. The third-order valence-corrected chi connectivity index (χ3v) is 8.70. The van der Waals surface area contributed by atoms with E-state index in [1.807, 2.05) is 6.92 Å². The van der Waals surface area contributed by atoms with Crippen molar-refractivity contribution in [1.29, 1.82) is 0 Å². The predicted molar refractivity (Wildman–Crippen MR) is 173 cm³/mol. The molecule has 0 rings (SSSR count). The Labute approximate surface area is 242 Å². The SMILES string of the molecule is CCCCCCCCCCCCCCCCCCCCCCCCCCCCCCCCCCC(=O)CC. The van der Waals surface area contributed by atoms with Gasteiger partial charge in [-0.05, 0) is 6.42 Å². The number of carbonyl (C=O) groups excluding carboxylic acids is 1. The van der Waals surface area contributed by atoms with E-state index in [0.717, 1.165) is 19.3 Å². The molecule has 1 heteroatoms. The zero-order valence-corrected chi connectivity index (χ0v) is 26.9. The molecule has 0 amide bonds. The molecule has 0 fully saturated rings. The average molecular weight is 535 g/mol. The van der Waals surface area contributed by atoms with Gasteiger partial charge >= 0.3 is 0 Å². The van der Waals surface area contributed by atoms with Crippen LogP contribution in [-0.4, -0.2) is 5.78 Å². The van der Waals surface area contributed by atoms with Crippen molar-refractivity contribution >= 4 is 5.78 Å². The van der Waals surface area contributed by atoms with Gasteiger partial charge in [-0.1, -0.05) is 213 Å². The Morgan fingerprint density at radius 3 is 0.658 bits per heavy atom. The molecule has 228 valence electrons. The quantitative estimate of drug-likeness (QED) is 0.0750. The minimum absolute atomic E-state index is 0.440. The van der Waals surface area contributed by atoms with Crippen LogP contribution in [-0.2, 0) is 4.79 Å². The largest absolute Gasteiger partial charge is 0.300 e. The lowest BCUT2D eigenvalue weighted by Gasteiger charge is -2.05. The van der Waals surface area contributed by atoms with Crippen LogP contribution < -0.4 is 0 Å². The van der Waals surface area contributed by atoms with E-state index >= 15 is 0 Å². The molecule has 0 aromatic carbocycles. The van der Waals surface area contributed by atoms with Gasteiger partial charge in [0, 0.05) is 12.8 Å².